The molecule has 328 valence electrons. The van der Waals surface area contributed by atoms with E-state index >= 15 is 0 Å². The van der Waals surface area contributed by atoms with Gasteiger partial charge in [0.1, 0.15) is 11.0 Å². The Labute approximate surface area is 399 Å². The van der Waals surface area contributed by atoms with Gasteiger partial charge in [-0.1, -0.05) is 164 Å². The molecule has 69 heavy (non-hydrogen) atoms. The molecule has 12 heteroatoms. The normalized spacial score (nSPS) is 11.5. The van der Waals surface area contributed by atoms with Crippen LogP contribution >= 0.6 is 11.6 Å². The second-order valence-electron chi connectivity index (χ2n) is 16.2. The molecule has 14 rings (SSSR count). The molecule has 0 N–H and O–H groups in total. The number of benzene rings is 8. The molecule has 0 aliphatic heterocycles. The molecule has 0 spiro atoms. The maximum Gasteiger partial charge on any atom is 0.238 e. The maximum atomic E-state index is 5.99. The van der Waals surface area contributed by atoms with Gasteiger partial charge in [0, 0.05) is 39.1 Å². The summed E-state index contributed by atoms with van der Waals surface area (Å²) in [5.41, 5.74) is 14.4. The van der Waals surface area contributed by atoms with Crippen molar-refractivity contribution in [3.05, 3.63) is 223 Å². The predicted octanol–water partition coefficient (Wildman–Crippen LogP) is 13.7. The van der Waals surface area contributed by atoms with E-state index in [-0.39, 0.29) is 5.28 Å². The van der Waals surface area contributed by atoms with Gasteiger partial charge in [0.05, 0.1) is 11.0 Å². The molecule has 0 bridgehead atoms. The lowest BCUT2D eigenvalue weighted by molar-refractivity contribution is 0.601. The number of fused-ring (bicyclic) bond motifs is 8. The molecule has 0 fully saturated rings. The Morgan fingerprint density at radius 2 is 0.870 bits per heavy atom. The number of nitrogens with zero attached hydrogens (tertiary/aromatic N) is 9. The summed E-state index contributed by atoms with van der Waals surface area (Å²) < 4.78 is 13.0. The lowest BCUT2D eigenvalue weighted by Gasteiger charge is -2.10. The van der Waals surface area contributed by atoms with E-state index in [2.05, 4.69) is 84.1 Å². The smallest absolute Gasteiger partial charge is 0.238 e. The Kier molecular flexibility index (Phi) is 10.7. The zero-order valence-electron chi connectivity index (χ0n) is 36.6. The Hall–Kier alpha value is -9.19. The number of oxazole rings is 2. The molecule has 5 aromatic heterocycles. The topological polar surface area (TPSA) is 134 Å². The molecule has 0 amide bonds. The van der Waals surface area contributed by atoms with Gasteiger partial charge in [0.15, 0.2) is 47.3 Å². The van der Waals surface area contributed by atoms with E-state index in [4.69, 9.17) is 35.4 Å². The lowest BCUT2D eigenvalue weighted by Crippen LogP contribution is -2.06. The monoisotopic (exact) mass is 913 g/mol. The van der Waals surface area contributed by atoms with Gasteiger partial charge >= 0.3 is 0 Å². The third-order valence-corrected chi connectivity index (χ3v) is 12.1. The fraction of sp³-hybridized carbons (Fsp3) is 0.0175. The molecule has 1 aliphatic rings. The van der Waals surface area contributed by atoms with Crippen molar-refractivity contribution < 1.29 is 8.83 Å². The lowest BCUT2D eigenvalue weighted by atomic mass is 10.1. The van der Waals surface area contributed by atoms with Gasteiger partial charge in [-0.05, 0) is 64.5 Å². The van der Waals surface area contributed by atoms with Gasteiger partial charge in [-0.2, -0.15) is 19.9 Å². The van der Waals surface area contributed by atoms with Crippen LogP contribution in [-0.4, -0.2) is 44.4 Å². The summed E-state index contributed by atoms with van der Waals surface area (Å²) in [6, 6.07) is 64.5. The van der Waals surface area contributed by atoms with Crippen LogP contribution in [0.5, 0.6) is 0 Å². The van der Waals surface area contributed by atoms with Crippen LogP contribution in [0.3, 0.4) is 0 Å². The first-order chi connectivity index (χ1) is 34.1. The predicted molar refractivity (Wildman–Crippen MR) is 271 cm³/mol. The summed E-state index contributed by atoms with van der Waals surface area (Å²) in [5.74, 6) is 2.96. The van der Waals surface area contributed by atoms with Crippen LogP contribution in [0, 0.1) is 0 Å². The fourth-order valence-electron chi connectivity index (χ4n) is 8.70. The third-order valence-electron chi connectivity index (χ3n) is 11.9. The minimum atomic E-state index is 0.202. The highest BCUT2D eigenvalue weighted by atomic mass is 35.5. The fourth-order valence-corrected chi connectivity index (χ4v) is 8.86. The Morgan fingerprint density at radius 1 is 0.391 bits per heavy atom. The quantitative estimate of drug-likeness (QED) is 0.164. The van der Waals surface area contributed by atoms with Gasteiger partial charge in [0.25, 0.3) is 0 Å². The largest absolute Gasteiger partial charge is 0.443 e. The van der Waals surface area contributed by atoms with Gasteiger partial charge < -0.3 is 8.83 Å². The Morgan fingerprint density at radius 3 is 1.45 bits per heavy atom. The highest BCUT2D eigenvalue weighted by Gasteiger charge is 2.21. The van der Waals surface area contributed by atoms with Crippen molar-refractivity contribution >= 4 is 55.6 Å². The minimum absolute atomic E-state index is 0.202. The van der Waals surface area contributed by atoms with Crippen molar-refractivity contribution in [1.82, 2.24) is 44.4 Å². The molecular weight excluding hydrogens is 878 g/mol. The molecule has 0 unspecified atom stereocenters. The van der Waals surface area contributed by atoms with Crippen LogP contribution in [0.2, 0.25) is 5.28 Å². The van der Waals surface area contributed by atoms with Crippen molar-refractivity contribution in [2.75, 3.05) is 0 Å². The van der Waals surface area contributed by atoms with E-state index in [1.165, 1.54) is 35.0 Å². The standard InChI is InChI=1S/C28H17N5O.C15H10ClN3.C14H9NO/c1-3-9-18(10-4-1)26-30-27(19-11-5-2-6-12-19)32-28(31-26)33-23-14-8-7-13-20(23)21-15-22-25(16-24(21)33)34-17-29-22;16-15-18-13(11-7-3-1-4-8-11)17-14(19-15)12-9-5-2-6-10-12;1-2-4-11-9(3-1)5-10-6-14-13(7-12(10)11)15-8-16-14/h1-17H;1-10H;1-4,6-8H,5H2. The molecular formula is C57H36ClN9O2. The average Bonchev–Trinajstić information content (AvgIpc) is 4.23. The highest BCUT2D eigenvalue weighted by molar-refractivity contribution is 6.28. The average molecular weight is 914 g/mol. The molecule has 13 aromatic rings. The number of hydrogen-bond acceptors (Lipinski definition) is 10. The van der Waals surface area contributed by atoms with Crippen LogP contribution in [0.4, 0.5) is 0 Å². The molecule has 0 radical (unpaired) electrons. The Bertz CT molecular complexity index is 3840. The van der Waals surface area contributed by atoms with E-state index in [0.29, 0.717) is 29.2 Å². The summed E-state index contributed by atoms with van der Waals surface area (Å²) in [6.45, 7) is 0. The van der Waals surface area contributed by atoms with Crippen molar-refractivity contribution in [3.63, 3.8) is 0 Å². The number of para-hydroxylation sites is 1. The second-order valence-corrected chi connectivity index (χ2v) is 16.5. The van der Waals surface area contributed by atoms with Crippen LogP contribution in [0.25, 0.3) is 107 Å². The van der Waals surface area contributed by atoms with Crippen LogP contribution in [0.15, 0.2) is 216 Å². The molecule has 8 aromatic carbocycles. The minimum Gasteiger partial charge on any atom is -0.443 e. The van der Waals surface area contributed by atoms with E-state index in [1.54, 1.807) is 0 Å². The first-order valence-corrected chi connectivity index (χ1v) is 22.6. The highest BCUT2D eigenvalue weighted by Crippen LogP contribution is 2.39. The van der Waals surface area contributed by atoms with E-state index < -0.39 is 0 Å². The van der Waals surface area contributed by atoms with E-state index in [0.717, 1.165) is 72.7 Å². The number of aromatic nitrogens is 9. The molecule has 0 saturated heterocycles. The van der Waals surface area contributed by atoms with Gasteiger partial charge in [0.2, 0.25) is 11.2 Å². The van der Waals surface area contributed by atoms with Gasteiger partial charge in [-0.3, -0.25) is 4.57 Å². The van der Waals surface area contributed by atoms with E-state index in [9.17, 15) is 0 Å². The Balaban J connectivity index is 0.000000118. The van der Waals surface area contributed by atoms with Crippen LogP contribution in [-0.2, 0) is 6.42 Å². The maximum absolute atomic E-state index is 5.99. The third kappa shape index (κ3) is 8.13. The molecule has 0 atom stereocenters. The molecule has 5 heterocycles. The number of rotatable bonds is 5. The van der Waals surface area contributed by atoms with Crippen LogP contribution < -0.4 is 0 Å². The zero-order valence-corrected chi connectivity index (χ0v) is 37.3. The van der Waals surface area contributed by atoms with Crippen molar-refractivity contribution in [3.8, 4) is 62.6 Å². The molecule has 1 aliphatic carbocycles. The van der Waals surface area contributed by atoms with Gasteiger partial charge in [-0.25, -0.2) is 19.9 Å². The van der Waals surface area contributed by atoms with Crippen LogP contribution in [0.1, 0.15) is 11.1 Å². The molecule has 0 saturated carbocycles. The summed E-state index contributed by atoms with van der Waals surface area (Å²) in [6.07, 6.45) is 3.98. The first-order valence-electron chi connectivity index (χ1n) is 22.2. The molecule has 11 nitrogen and oxygen atoms in total. The SMILES string of the molecule is Clc1nc(-c2ccccc2)nc(-c2ccccc2)n1.c1ccc(-c2nc(-c3ccccc3)nc(-n3c4ccccc4c4cc5ncoc5cc43)n2)cc1.c1ccc2c(c1)Cc1cc3ocnc3cc1-2. The summed E-state index contributed by atoms with van der Waals surface area (Å²) >= 11 is 5.99. The zero-order chi connectivity index (χ0) is 46.1. The summed E-state index contributed by atoms with van der Waals surface area (Å²) in [5, 5.41) is 2.37. The first kappa shape index (κ1) is 41.3. The second kappa shape index (κ2) is 17.9. The van der Waals surface area contributed by atoms with Crippen molar-refractivity contribution in [1.29, 1.82) is 0 Å². The van der Waals surface area contributed by atoms with Crippen molar-refractivity contribution in [2.24, 2.45) is 0 Å². The van der Waals surface area contributed by atoms with E-state index in [1.807, 2.05) is 140 Å². The summed E-state index contributed by atoms with van der Waals surface area (Å²) in [4.78, 5) is 36.1. The van der Waals surface area contributed by atoms with Crippen molar-refractivity contribution in [2.45, 2.75) is 6.42 Å². The summed E-state index contributed by atoms with van der Waals surface area (Å²) in [7, 11) is 0. The number of halogens is 1. The van der Waals surface area contributed by atoms with Gasteiger partial charge in [-0.15, -0.1) is 0 Å². The number of hydrogen-bond donors (Lipinski definition) is 0.